The minimum Gasteiger partial charge on any atom is -0.492 e. The Hall–Kier alpha value is -2.40. The molecule has 2 rings (SSSR count). The van der Waals surface area contributed by atoms with Crippen LogP contribution in [-0.4, -0.2) is 18.6 Å². The maximum absolute atomic E-state index is 13.3. The van der Waals surface area contributed by atoms with E-state index in [0.29, 0.717) is 24.7 Å². The van der Waals surface area contributed by atoms with E-state index in [1.165, 1.54) is 18.2 Å². The Kier molecular flexibility index (Phi) is 6.11. The van der Waals surface area contributed by atoms with E-state index in [1.807, 2.05) is 30.3 Å². The van der Waals surface area contributed by atoms with Gasteiger partial charge in [0, 0.05) is 6.07 Å². The van der Waals surface area contributed by atoms with E-state index in [2.05, 4.69) is 5.32 Å². The molecule has 0 radical (unpaired) electrons. The van der Waals surface area contributed by atoms with Crippen molar-refractivity contribution >= 4 is 11.6 Å². The van der Waals surface area contributed by atoms with E-state index in [1.54, 1.807) is 13.8 Å². The van der Waals surface area contributed by atoms with Gasteiger partial charge in [0.25, 0.3) is 5.91 Å². The van der Waals surface area contributed by atoms with Crippen LogP contribution in [0.25, 0.3) is 0 Å². The molecule has 0 saturated heterocycles. The molecule has 23 heavy (non-hydrogen) atoms. The van der Waals surface area contributed by atoms with Crippen LogP contribution in [0.2, 0.25) is 0 Å². The zero-order valence-corrected chi connectivity index (χ0v) is 13.2. The lowest BCUT2D eigenvalue weighted by Crippen LogP contribution is -2.27. The normalized spacial score (nSPS) is 11.8. The predicted molar refractivity (Wildman–Crippen MR) is 86.9 cm³/mol. The molecule has 0 aliphatic heterocycles. The van der Waals surface area contributed by atoms with Gasteiger partial charge in [-0.05, 0) is 31.5 Å². The van der Waals surface area contributed by atoms with Crippen LogP contribution in [0.3, 0.4) is 0 Å². The summed E-state index contributed by atoms with van der Waals surface area (Å²) in [5, 5.41) is 2.70. The first kappa shape index (κ1) is 17.0. The fourth-order valence-electron chi connectivity index (χ4n) is 1.98. The molecule has 0 aliphatic rings. The SMILES string of the molecule is CCOc1cc(F)ccc1NC(=O)C(C)OCc1ccccc1. The van der Waals surface area contributed by atoms with Gasteiger partial charge in [-0.25, -0.2) is 4.39 Å². The number of hydrogen-bond donors (Lipinski definition) is 1. The van der Waals surface area contributed by atoms with E-state index in [9.17, 15) is 9.18 Å². The van der Waals surface area contributed by atoms with Gasteiger partial charge in [0.05, 0.1) is 18.9 Å². The predicted octanol–water partition coefficient (Wildman–Crippen LogP) is 3.77. The van der Waals surface area contributed by atoms with Crippen LogP contribution >= 0.6 is 0 Å². The van der Waals surface area contributed by atoms with Crippen molar-refractivity contribution in [1.29, 1.82) is 0 Å². The van der Waals surface area contributed by atoms with Gasteiger partial charge in [0.15, 0.2) is 0 Å². The Bertz CT molecular complexity index is 646. The monoisotopic (exact) mass is 317 g/mol. The fraction of sp³-hybridized carbons (Fsp3) is 0.278. The minimum atomic E-state index is -0.644. The zero-order valence-electron chi connectivity index (χ0n) is 13.2. The number of rotatable bonds is 7. The van der Waals surface area contributed by atoms with Crippen molar-refractivity contribution in [2.45, 2.75) is 26.6 Å². The van der Waals surface area contributed by atoms with Crippen LogP contribution in [0.15, 0.2) is 48.5 Å². The Morgan fingerprint density at radius 1 is 1.22 bits per heavy atom. The molecule has 0 heterocycles. The Balaban J connectivity index is 1.95. The van der Waals surface area contributed by atoms with Gasteiger partial charge in [-0.15, -0.1) is 0 Å². The number of amides is 1. The quantitative estimate of drug-likeness (QED) is 0.845. The topological polar surface area (TPSA) is 47.6 Å². The highest BCUT2D eigenvalue weighted by Crippen LogP contribution is 2.25. The molecular formula is C18H20FNO3. The Labute approximate surface area is 135 Å². The van der Waals surface area contributed by atoms with Gasteiger partial charge in [-0.2, -0.15) is 0 Å². The molecule has 0 spiro atoms. The van der Waals surface area contributed by atoms with Crippen LogP contribution in [0, 0.1) is 5.82 Å². The summed E-state index contributed by atoms with van der Waals surface area (Å²) in [6, 6.07) is 13.6. The van der Waals surface area contributed by atoms with Crippen molar-refractivity contribution in [3.8, 4) is 5.75 Å². The number of anilines is 1. The number of halogens is 1. The van der Waals surface area contributed by atoms with Crippen molar-refractivity contribution in [2.24, 2.45) is 0 Å². The molecule has 2 aromatic carbocycles. The third kappa shape index (κ3) is 5.07. The Morgan fingerprint density at radius 3 is 2.65 bits per heavy atom. The summed E-state index contributed by atoms with van der Waals surface area (Å²) in [7, 11) is 0. The number of hydrogen-bond acceptors (Lipinski definition) is 3. The average Bonchev–Trinajstić information content (AvgIpc) is 2.56. The van der Waals surface area contributed by atoms with E-state index >= 15 is 0 Å². The van der Waals surface area contributed by atoms with Crippen molar-refractivity contribution in [2.75, 3.05) is 11.9 Å². The molecule has 2 aromatic rings. The van der Waals surface area contributed by atoms with Gasteiger partial charge in [0.1, 0.15) is 17.7 Å². The van der Waals surface area contributed by atoms with Gasteiger partial charge >= 0.3 is 0 Å². The summed E-state index contributed by atoms with van der Waals surface area (Å²) in [6.07, 6.45) is -0.644. The van der Waals surface area contributed by atoms with Crippen LogP contribution in [0.1, 0.15) is 19.4 Å². The highest BCUT2D eigenvalue weighted by Gasteiger charge is 2.16. The molecule has 0 fully saturated rings. The summed E-state index contributed by atoms with van der Waals surface area (Å²) in [5.74, 6) is -0.426. The smallest absolute Gasteiger partial charge is 0.253 e. The molecule has 4 nitrogen and oxygen atoms in total. The summed E-state index contributed by atoms with van der Waals surface area (Å²) in [4.78, 5) is 12.2. The fourth-order valence-corrected chi connectivity index (χ4v) is 1.98. The molecule has 5 heteroatoms. The molecule has 1 amide bonds. The summed E-state index contributed by atoms with van der Waals surface area (Å²) in [5.41, 5.74) is 1.41. The van der Waals surface area contributed by atoms with Crippen LogP contribution in [0.4, 0.5) is 10.1 Å². The van der Waals surface area contributed by atoms with Crippen molar-refractivity contribution < 1.29 is 18.7 Å². The molecule has 1 atom stereocenters. The minimum absolute atomic E-state index is 0.302. The summed E-state index contributed by atoms with van der Waals surface area (Å²) < 4.78 is 24.1. The number of nitrogens with one attached hydrogen (secondary N) is 1. The van der Waals surface area contributed by atoms with Gasteiger partial charge in [0.2, 0.25) is 0 Å². The molecule has 122 valence electrons. The zero-order chi connectivity index (χ0) is 16.7. The number of benzene rings is 2. The second-order valence-electron chi connectivity index (χ2n) is 5.00. The third-order valence-corrected chi connectivity index (χ3v) is 3.21. The van der Waals surface area contributed by atoms with Gasteiger partial charge in [-0.3, -0.25) is 4.79 Å². The third-order valence-electron chi connectivity index (χ3n) is 3.21. The molecule has 0 saturated carbocycles. The van der Waals surface area contributed by atoms with Crippen molar-refractivity contribution in [3.63, 3.8) is 0 Å². The summed E-state index contributed by atoms with van der Waals surface area (Å²) >= 11 is 0. The van der Waals surface area contributed by atoms with Crippen LogP contribution < -0.4 is 10.1 Å². The molecule has 0 bridgehead atoms. The number of ether oxygens (including phenoxy) is 2. The van der Waals surface area contributed by atoms with E-state index in [-0.39, 0.29) is 5.91 Å². The van der Waals surface area contributed by atoms with Crippen LogP contribution in [0.5, 0.6) is 5.75 Å². The maximum atomic E-state index is 13.3. The first-order valence-electron chi connectivity index (χ1n) is 7.49. The standard InChI is InChI=1S/C18H20FNO3/c1-3-22-17-11-15(19)9-10-16(17)20-18(21)13(2)23-12-14-7-5-4-6-8-14/h4-11,13H,3,12H2,1-2H3,(H,20,21). The molecule has 0 aromatic heterocycles. The van der Waals surface area contributed by atoms with Crippen molar-refractivity contribution in [3.05, 3.63) is 59.9 Å². The first-order chi connectivity index (χ1) is 11.1. The molecule has 1 unspecified atom stereocenters. The second kappa shape index (κ2) is 8.29. The maximum Gasteiger partial charge on any atom is 0.253 e. The van der Waals surface area contributed by atoms with Gasteiger partial charge < -0.3 is 14.8 Å². The van der Waals surface area contributed by atoms with E-state index in [0.717, 1.165) is 5.56 Å². The summed E-state index contributed by atoms with van der Waals surface area (Å²) in [6.45, 7) is 4.19. The lowest BCUT2D eigenvalue weighted by molar-refractivity contribution is -0.127. The lowest BCUT2D eigenvalue weighted by Gasteiger charge is -2.16. The van der Waals surface area contributed by atoms with E-state index < -0.39 is 11.9 Å². The molecule has 0 aliphatic carbocycles. The largest absolute Gasteiger partial charge is 0.492 e. The lowest BCUT2D eigenvalue weighted by atomic mass is 10.2. The van der Waals surface area contributed by atoms with E-state index in [4.69, 9.17) is 9.47 Å². The number of carbonyl (C=O) groups excluding carboxylic acids is 1. The first-order valence-corrected chi connectivity index (χ1v) is 7.49. The molecule has 1 N–H and O–H groups in total. The highest BCUT2D eigenvalue weighted by molar-refractivity contribution is 5.95. The molecular weight excluding hydrogens is 297 g/mol. The highest BCUT2D eigenvalue weighted by atomic mass is 19.1. The number of carbonyl (C=O) groups is 1. The average molecular weight is 317 g/mol. The Morgan fingerprint density at radius 2 is 1.96 bits per heavy atom. The van der Waals surface area contributed by atoms with Crippen molar-refractivity contribution in [1.82, 2.24) is 0 Å². The van der Waals surface area contributed by atoms with Crippen LogP contribution in [-0.2, 0) is 16.1 Å². The second-order valence-corrected chi connectivity index (χ2v) is 5.00. The van der Waals surface area contributed by atoms with Gasteiger partial charge in [-0.1, -0.05) is 30.3 Å².